The maximum Gasteiger partial charge on any atom is 0.301 e. The predicted octanol–water partition coefficient (Wildman–Crippen LogP) is 3.92. The lowest BCUT2D eigenvalue weighted by Crippen LogP contribution is -2.30. The Balaban J connectivity index is 2.01. The molecule has 1 aliphatic rings. The fourth-order valence-corrected chi connectivity index (χ4v) is 3.61. The summed E-state index contributed by atoms with van der Waals surface area (Å²) in [5.74, 6) is -2.11. The van der Waals surface area contributed by atoms with Crippen molar-refractivity contribution in [2.45, 2.75) is 13.0 Å². The molecule has 0 saturated carbocycles. The van der Waals surface area contributed by atoms with Crippen molar-refractivity contribution in [3.8, 4) is 0 Å². The third kappa shape index (κ3) is 3.44. The number of nitro benzene ring substituents is 1. The molecule has 1 saturated heterocycles. The quantitative estimate of drug-likeness (QED) is 0.227. The second-order valence-electron chi connectivity index (χ2n) is 7.04. The van der Waals surface area contributed by atoms with Crippen LogP contribution in [0.5, 0.6) is 0 Å². The van der Waals surface area contributed by atoms with Crippen LogP contribution in [0, 0.1) is 17.0 Å². The molecule has 0 radical (unpaired) electrons. The number of rotatable bonds is 4. The fourth-order valence-electron chi connectivity index (χ4n) is 3.61. The van der Waals surface area contributed by atoms with E-state index in [9.17, 15) is 24.8 Å². The van der Waals surface area contributed by atoms with E-state index in [0.29, 0.717) is 5.56 Å². The van der Waals surface area contributed by atoms with Crippen molar-refractivity contribution in [1.82, 2.24) is 4.98 Å². The lowest BCUT2D eigenvalue weighted by atomic mass is 9.94. The van der Waals surface area contributed by atoms with Gasteiger partial charge in [0.25, 0.3) is 11.5 Å². The number of carbonyl (C=O) groups excluding carboxylic acids is 2. The number of Topliss-reactive ketones (excluding diaryl/α,β-unsaturated/α-hetero) is 1. The summed E-state index contributed by atoms with van der Waals surface area (Å²) in [6.07, 6.45) is 1.45. The highest BCUT2D eigenvalue weighted by Gasteiger charge is 2.49. The van der Waals surface area contributed by atoms with E-state index in [1.54, 1.807) is 42.5 Å². The maximum atomic E-state index is 13.0. The van der Waals surface area contributed by atoms with E-state index >= 15 is 0 Å². The van der Waals surface area contributed by atoms with Crippen LogP contribution < -0.4 is 4.90 Å². The van der Waals surface area contributed by atoms with Crippen molar-refractivity contribution in [3.63, 3.8) is 0 Å². The van der Waals surface area contributed by atoms with Crippen molar-refractivity contribution in [2.24, 2.45) is 0 Å². The molecule has 4 rings (SSSR count). The summed E-state index contributed by atoms with van der Waals surface area (Å²) in [7, 11) is 0. The van der Waals surface area contributed by atoms with Gasteiger partial charge in [-0.1, -0.05) is 48.0 Å². The van der Waals surface area contributed by atoms with Crippen LogP contribution >= 0.6 is 0 Å². The molecule has 31 heavy (non-hydrogen) atoms. The second kappa shape index (κ2) is 7.83. The van der Waals surface area contributed by atoms with Crippen LogP contribution in [0.15, 0.2) is 78.5 Å². The number of anilines is 1. The van der Waals surface area contributed by atoms with E-state index in [-0.39, 0.29) is 22.6 Å². The summed E-state index contributed by atoms with van der Waals surface area (Å²) in [5, 5.41) is 22.7. The summed E-state index contributed by atoms with van der Waals surface area (Å²) in [5.41, 5.74) is 0.874. The Morgan fingerprint density at radius 1 is 1.03 bits per heavy atom. The molecule has 0 aliphatic carbocycles. The Labute approximate surface area is 177 Å². The van der Waals surface area contributed by atoms with Gasteiger partial charge in [0, 0.05) is 17.8 Å². The Hall–Kier alpha value is -4.33. The van der Waals surface area contributed by atoms with Gasteiger partial charge in [0.2, 0.25) is 0 Å². The molecule has 0 bridgehead atoms. The van der Waals surface area contributed by atoms with E-state index in [1.807, 2.05) is 6.92 Å². The average molecular weight is 415 g/mol. The first kappa shape index (κ1) is 20.0. The number of aryl methyl sites for hydroxylation is 1. The van der Waals surface area contributed by atoms with Crippen molar-refractivity contribution >= 4 is 29.0 Å². The molecule has 1 atom stereocenters. The molecule has 1 aliphatic heterocycles. The van der Waals surface area contributed by atoms with Crippen molar-refractivity contribution in [1.29, 1.82) is 0 Å². The van der Waals surface area contributed by atoms with Gasteiger partial charge in [-0.25, -0.2) is 4.98 Å². The van der Waals surface area contributed by atoms with E-state index in [0.717, 1.165) is 10.5 Å². The maximum absolute atomic E-state index is 13.0. The Morgan fingerprint density at radius 2 is 1.71 bits per heavy atom. The number of nitrogens with zero attached hydrogens (tertiary/aromatic N) is 3. The number of benzene rings is 2. The number of amides is 1. The van der Waals surface area contributed by atoms with E-state index in [4.69, 9.17) is 0 Å². The topological polar surface area (TPSA) is 114 Å². The summed E-state index contributed by atoms with van der Waals surface area (Å²) < 4.78 is 0. The van der Waals surface area contributed by atoms with Crippen molar-refractivity contribution in [3.05, 3.63) is 105 Å². The van der Waals surface area contributed by atoms with Crippen LogP contribution in [0.1, 0.15) is 22.7 Å². The number of aliphatic hydroxyl groups excluding tert-OH is 1. The average Bonchev–Trinajstić information content (AvgIpc) is 3.05. The second-order valence-corrected chi connectivity index (χ2v) is 7.04. The van der Waals surface area contributed by atoms with Crippen molar-refractivity contribution in [2.75, 3.05) is 4.90 Å². The lowest BCUT2D eigenvalue weighted by Gasteiger charge is -2.24. The Bertz CT molecular complexity index is 1220. The number of para-hydroxylation sites is 1. The van der Waals surface area contributed by atoms with Gasteiger partial charge >= 0.3 is 5.91 Å². The normalized spacial score (nSPS) is 17.7. The number of pyridine rings is 1. The van der Waals surface area contributed by atoms with Gasteiger partial charge in [0.15, 0.2) is 0 Å². The molecule has 2 aromatic carbocycles. The van der Waals surface area contributed by atoms with Gasteiger partial charge in [0.1, 0.15) is 17.6 Å². The highest BCUT2D eigenvalue weighted by atomic mass is 16.6. The van der Waals surface area contributed by atoms with Gasteiger partial charge in [-0.05, 0) is 25.1 Å². The van der Waals surface area contributed by atoms with Crippen LogP contribution in [0.2, 0.25) is 0 Å². The monoisotopic (exact) mass is 415 g/mol. The molecule has 0 spiro atoms. The molecule has 1 amide bonds. The van der Waals surface area contributed by atoms with Gasteiger partial charge in [-0.3, -0.25) is 24.6 Å². The molecule has 1 N–H and O–H groups in total. The fraction of sp³-hybridized carbons (Fsp3) is 0.0870. The number of hydrogen-bond acceptors (Lipinski definition) is 6. The third-order valence-corrected chi connectivity index (χ3v) is 5.09. The zero-order valence-corrected chi connectivity index (χ0v) is 16.4. The summed E-state index contributed by atoms with van der Waals surface area (Å²) in [4.78, 5) is 42.4. The van der Waals surface area contributed by atoms with Crippen LogP contribution in [0.3, 0.4) is 0 Å². The minimum Gasteiger partial charge on any atom is -0.507 e. The van der Waals surface area contributed by atoms with E-state index in [2.05, 4.69) is 4.98 Å². The minimum atomic E-state index is -1.21. The predicted molar refractivity (Wildman–Crippen MR) is 113 cm³/mol. The van der Waals surface area contributed by atoms with Gasteiger partial charge < -0.3 is 5.11 Å². The van der Waals surface area contributed by atoms with Crippen LogP contribution in [0.4, 0.5) is 11.5 Å². The highest BCUT2D eigenvalue weighted by molar-refractivity contribution is 6.51. The van der Waals surface area contributed by atoms with E-state index in [1.165, 1.54) is 30.5 Å². The Morgan fingerprint density at radius 3 is 2.35 bits per heavy atom. The van der Waals surface area contributed by atoms with Crippen LogP contribution in [-0.2, 0) is 9.59 Å². The molecule has 8 nitrogen and oxygen atoms in total. The molecular weight excluding hydrogens is 398 g/mol. The number of nitro groups is 1. The van der Waals surface area contributed by atoms with E-state index < -0.39 is 28.4 Å². The van der Waals surface area contributed by atoms with Crippen molar-refractivity contribution < 1.29 is 19.6 Å². The molecule has 1 aromatic heterocycles. The summed E-state index contributed by atoms with van der Waals surface area (Å²) >= 11 is 0. The SMILES string of the molecule is Cc1ccc(/C(O)=C2\C(=O)C(=O)N(c3ccccn3)C2c2ccccc2[N+](=O)[O-])cc1. The van der Waals surface area contributed by atoms with Crippen LogP contribution in [-0.4, -0.2) is 26.7 Å². The number of ketones is 1. The standard InChI is InChI=1S/C23H17N3O5/c1-14-9-11-15(12-10-14)21(27)19-20(16-6-2-3-7-17(16)26(30)31)25(23(29)22(19)28)18-8-4-5-13-24-18/h2-13,20,27H,1H3/b21-19+. The molecule has 154 valence electrons. The molecule has 8 heteroatoms. The third-order valence-electron chi connectivity index (χ3n) is 5.09. The smallest absolute Gasteiger partial charge is 0.301 e. The lowest BCUT2D eigenvalue weighted by molar-refractivity contribution is -0.385. The van der Waals surface area contributed by atoms with Crippen LogP contribution in [0.25, 0.3) is 5.76 Å². The highest BCUT2D eigenvalue weighted by Crippen LogP contribution is 2.44. The molecule has 1 fully saturated rings. The van der Waals surface area contributed by atoms with Gasteiger partial charge in [-0.15, -0.1) is 0 Å². The Kier molecular flexibility index (Phi) is 5.04. The summed E-state index contributed by atoms with van der Waals surface area (Å²) in [6, 6.07) is 16.2. The number of aliphatic hydroxyl groups is 1. The molecule has 1 unspecified atom stereocenters. The largest absolute Gasteiger partial charge is 0.507 e. The number of aromatic nitrogens is 1. The first-order valence-corrected chi connectivity index (χ1v) is 9.42. The first-order valence-electron chi connectivity index (χ1n) is 9.42. The zero-order chi connectivity index (χ0) is 22.1. The molecule has 3 aromatic rings. The van der Waals surface area contributed by atoms with Gasteiger partial charge in [-0.2, -0.15) is 0 Å². The number of hydrogen-bond donors (Lipinski definition) is 1. The number of carbonyl (C=O) groups is 2. The summed E-state index contributed by atoms with van der Waals surface area (Å²) in [6.45, 7) is 1.87. The molecular formula is C23H17N3O5. The first-order chi connectivity index (χ1) is 14.9. The molecule has 2 heterocycles. The zero-order valence-electron chi connectivity index (χ0n) is 16.4. The van der Waals surface area contributed by atoms with Gasteiger partial charge in [0.05, 0.1) is 16.1 Å². The minimum absolute atomic E-state index is 0.103.